The van der Waals surface area contributed by atoms with Crippen LogP contribution in [0.5, 0.6) is 0 Å². The minimum Gasteiger partial charge on any atom is -0.355 e. The second-order valence-electron chi connectivity index (χ2n) is 10.0. The molecule has 3 aliphatic rings. The minimum atomic E-state index is -0.421. The highest BCUT2D eigenvalue weighted by molar-refractivity contribution is 6.31. The lowest BCUT2D eigenvalue weighted by molar-refractivity contribution is -0.141. The lowest BCUT2D eigenvalue weighted by Gasteiger charge is -2.50. The minimum absolute atomic E-state index is 0.00937. The molecule has 1 spiro atoms. The van der Waals surface area contributed by atoms with Gasteiger partial charge in [0.1, 0.15) is 5.82 Å². The van der Waals surface area contributed by atoms with Crippen LogP contribution >= 0.6 is 11.6 Å². The molecule has 1 N–H and O–H groups in total. The fourth-order valence-corrected chi connectivity index (χ4v) is 6.81. The number of carbonyl (C=O) groups is 2. The van der Waals surface area contributed by atoms with Crippen LogP contribution in [0.2, 0.25) is 5.02 Å². The van der Waals surface area contributed by atoms with Crippen LogP contribution in [0.4, 0.5) is 4.39 Å². The zero-order chi connectivity index (χ0) is 23.1. The molecule has 5 rings (SSSR count). The summed E-state index contributed by atoms with van der Waals surface area (Å²) in [5, 5.41) is 3.38. The van der Waals surface area contributed by atoms with Crippen LogP contribution in [0.3, 0.4) is 0 Å². The lowest BCUT2D eigenvalue weighted by atomic mass is 9.62. The van der Waals surface area contributed by atoms with Gasteiger partial charge in [-0.25, -0.2) is 4.39 Å². The Morgan fingerprint density at radius 1 is 1.03 bits per heavy atom. The van der Waals surface area contributed by atoms with Gasteiger partial charge in [-0.2, -0.15) is 0 Å². The number of nitrogens with one attached hydrogen (secondary N) is 1. The number of nitrogens with zero attached hydrogens (tertiary/aromatic N) is 1. The third-order valence-electron chi connectivity index (χ3n) is 8.33. The first-order chi connectivity index (χ1) is 15.9. The van der Waals surface area contributed by atoms with Gasteiger partial charge >= 0.3 is 0 Å². The predicted molar refractivity (Wildman–Crippen MR) is 127 cm³/mol. The average molecular weight is 469 g/mol. The summed E-state index contributed by atoms with van der Waals surface area (Å²) < 4.78 is 13.7. The van der Waals surface area contributed by atoms with Crippen LogP contribution in [-0.4, -0.2) is 36.3 Å². The average Bonchev–Trinajstić information content (AvgIpc) is 3.32. The van der Waals surface area contributed by atoms with E-state index in [9.17, 15) is 14.0 Å². The van der Waals surface area contributed by atoms with E-state index < -0.39 is 5.41 Å². The molecule has 2 heterocycles. The van der Waals surface area contributed by atoms with Crippen molar-refractivity contribution in [3.63, 3.8) is 0 Å². The number of hydrogen-bond donors (Lipinski definition) is 1. The van der Waals surface area contributed by atoms with Crippen molar-refractivity contribution >= 4 is 23.4 Å². The molecule has 2 aliphatic heterocycles. The number of halogens is 2. The molecule has 4 nitrogen and oxygen atoms in total. The van der Waals surface area contributed by atoms with E-state index in [2.05, 4.69) is 17.4 Å². The monoisotopic (exact) mass is 468 g/mol. The van der Waals surface area contributed by atoms with Gasteiger partial charge in [-0.1, -0.05) is 60.8 Å². The van der Waals surface area contributed by atoms with E-state index in [0.717, 1.165) is 49.7 Å². The molecular weight excluding hydrogens is 439 g/mol. The van der Waals surface area contributed by atoms with Crippen molar-refractivity contribution in [1.82, 2.24) is 10.2 Å². The molecule has 1 atom stereocenters. The summed E-state index contributed by atoms with van der Waals surface area (Å²) in [7, 11) is 0. The summed E-state index contributed by atoms with van der Waals surface area (Å²) in [6.45, 7) is 1.76. The van der Waals surface area contributed by atoms with Gasteiger partial charge in [-0.05, 0) is 54.4 Å². The van der Waals surface area contributed by atoms with Crippen molar-refractivity contribution in [1.29, 1.82) is 0 Å². The third kappa shape index (κ3) is 3.95. The van der Waals surface area contributed by atoms with Gasteiger partial charge < -0.3 is 10.2 Å². The van der Waals surface area contributed by atoms with Crippen molar-refractivity contribution in [2.75, 3.05) is 19.6 Å². The number of hydrogen-bond acceptors (Lipinski definition) is 2. The number of piperidine rings is 2. The lowest BCUT2D eigenvalue weighted by Crippen LogP contribution is -2.55. The fraction of sp³-hybridized carbons (Fsp3) is 0.481. The van der Waals surface area contributed by atoms with Crippen LogP contribution in [0.25, 0.3) is 0 Å². The van der Waals surface area contributed by atoms with Crippen LogP contribution in [0.1, 0.15) is 62.0 Å². The molecule has 1 unspecified atom stereocenters. The Bertz CT molecular complexity index is 1040. The molecule has 33 heavy (non-hydrogen) atoms. The molecule has 2 aromatic rings. The molecule has 2 amide bonds. The second kappa shape index (κ2) is 8.75. The van der Waals surface area contributed by atoms with E-state index in [0.29, 0.717) is 31.1 Å². The molecular formula is C27H30ClFN2O2. The van der Waals surface area contributed by atoms with E-state index in [1.165, 1.54) is 12.1 Å². The molecule has 2 aromatic carbocycles. The quantitative estimate of drug-likeness (QED) is 0.672. The standard InChI is InChI=1S/C27H30ClFN2O2/c28-23-16-20(29)8-9-21(23)22-18-30-24(32)17-26(22)12-14-31(15-13-26)25(33)27(10-4-5-11-27)19-6-2-1-3-7-19/h1-3,6-9,16,22H,4-5,10-15,17-18H2,(H,30,32). The molecule has 1 aliphatic carbocycles. The van der Waals surface area contributed by atoms with Crippen molar-refractivity contribution in [3.05, 3.63) is 70.5 Å². The Hall–Kier alpha value is -2.40. The Morgan fingerprint density at radius 2 is 1.73 bits per heavy atom. The number of benzene rings is 2. The highest BCUT2D eigenvalue weighted by atomic mass is 35.5. The van der Waals surface area contributed by atoms with E-state index in [1.54, 1.807) is 6.07 Å². The molecule has 6 heteroatoms. The molecule has 2 saturated heterocycles. The maximum absolute atomic E-state index is 13.9. The van der Waals surface area contributed by atoms with Crippen LogP contribution in [0.15, 0.2) is 48.5 Å². The Labute approximate surface area is 199 Å². The smallest absolute Gasteiger partial charge is 0.233 e. The fourth-order valence-electron chi connectivity index (χ4n) is 6.51. The van der Waals surface area contributed by atoms with Gasteiger partial charge in [0.05, 0.1) is 5.41 Å². The van der Waals surface area contributed by atoms with Crippen LogP contribution in [-0.2, 0) is 15.0 Å². The summed E-state index contributed by atoms with van der Waals surface area (Å²) in [5.74, 6) is -0.0746. The van der Waals surface area contributed by atoms with E-state index in [1.807, 2.05) is 23.1 Å². The van der Waals surface area contributed by atoms with E-state index >= 15 is 0 Å². The van der Waals surface area contributed by atoms with E-state index in [-0.39, 0.29) is 29.0 Å². The number of rotatable bonds is 3. The van der Waals surface area contributed by atoms with Gasteiger partial charge in [0, 0.05) is 37.0 Å². The summed E-state index contributed by atoms with van der Waals surface area (Å²) >= 11 is 6.44. The Morgan fingerprint density at radius 3 is 2.39 bits per heavy atom. The van der Waals surface area contributed by atoms with Crippen LogP contribution in [0, 0.1) is 11.2 Å². The maximum Gasteiger partial charge on any atom is 0.233 e. The highest BCUT2D eigenvalue weighted by Crippen LogP contribution is 2.51. The van der Waals surface area contributed by atoms with Crippen LogP contribution < -0.4 is 5.32 Å². The first-order valence-corrected chi connectivity index (χ1v) is 12.4. The van der Waals surface area contributed by atoms with Crippen molar-refractivity contribution in [2.24, 2.45) is 5.41 Å². The van der Waals surface area contributed by atoms with Gasteiger partial charge in [0.2, 0.25) is 11.8 Å². The van der Waals surface area contributed by atoms with Gasteiger partial charge in [0.25, 0.3) is 0 Å². The number of amides is 2. The summed E-state index contributed by atoms with van der Waals surface area (Å²) in [4.78, 5) is 28.3. The number of carbonyl (C=O) groups excluding carboxylic acids is 2. The Balaban J connectivity index is 1.39. The first kappa shape index (κ1) is 22.4. The van der Waals surface area contributed by atoms with E-state index in [4.69, 9.17) is 11.6 Å². The Kier molecular flexibility index (Phi) is 5.94. The van der Waals surface area contributed by atoms with Gasteiger partial charge in [-0.3, -0.25) is 9.59 Å². The van der Waals surface area contributed by atoms with Crippen molar-refractivity contribution in [2.45, 2.75) is 56.3 Å². The van der Waals surface area contributed by atoms with Gasteiger partial charge in [0.15, 0.2) is 0 Å². The molecule has 0 aromatic heterocycles. The molecule has 3 fully saturated rings. The first-order valence-electron chi connectivity index (χ1n) is 12.0. The second-order valence-corrected chi connectivity index (χ2v) is 10.4. The summed E-state index contributed by atoms with van der Waals surface area (Å²) in [6, 6.07) is 14.8. The third-order valence-corrected chi connectivity index (χ3v) is 8.66. The molecule has 0 bridgehead atoms. The molecule has 174 valence electrons. The highest BCUT2D eigenvalue weighted by Gasteiger charge is 2.50. The van der Waals surface area contributed by atoms with Crippen molar-refractivity contribution < 1.29 is 14.0 Å². The largest absolute Gasteiger partial charge is 0.355 e. The number of likely N-dealkylation sites (tertiary alicyclic amines) is 1. The predicted octanol–water partition coefficient (Wildman–Crippen LogP) is 5.20. The topological polar surface area (TPSA) is 49.4 Å². The maximum atomic E-state index is 13.9. The summed E-state index contributed by atoms with van der Waals surface area (Å²) in [6.07, 6.45) is 5.84. The van der Waals surface area contributed by atoms with Crippen molar-refractivity contribution in [3.8, 4) is 0 Å². The zero-order valence-corrected chi connectivity index (χ0v) is 19.5. The normalized spacial score (nSPS) is 24.0. The zero-order valence-electron chi connectivity index (χ0n) is 18.8. The van der Waals surface area contributed by atoms with Gasteiger partial charge in [-0.15, -0.1) is 0 Å². The molecule has 0 radical (unpaired) electrons. The summed E-state index contributed by atoms with van der Waals surface area (Å²) in [5.41, 5.74) is 1.32. The SMILES string of the molecule is O=C1CC2(CCN(C(=O)C3(c4ccccc4)CCCC3)CC2)C(c2ccc(F)cc2Cl)CN1. The molecule has 1 saturated carbocycles.